The monoisotopic (exact) mass is 423 g/mol. The molecule has 0 radical (unpaired) electrons. The molecule has 1 amide bonds. The van der Waals surface area contributed by atoms with Crippen LogP contribution in [0, 0.1) is 6.92 Å². The topological polar surface area (TPSA) is 79.8 Å². The van der Waals surface area contributed by atoms with Gasteiger partial charge >= 0.3 is 0 Å². The molecule has 0 unspecified atom stereocenters. The van der Waals surface area contributed by atoms with Crippen LogP contribution in [0.1, 0.15) is 21.1 Å². The number of nitrogens with zero attached hydrogens (tertiary/aromatic N) is 3. The molecular weight excluding hydrogens is 398 g/mol. The highest BCUT2D eigenvalue weighted by Gasteiger charge is 2.22. The molecule has 9 heteroatoms. The van der Waals surface area contributed by atoms with E-state index in [1.54, 1.807) is 35.6 Å². The average Bonchev–Trinajstić information content (AvgIpc) is 3.10. The van der Waals surface area contributed by atoms with Gasteiger partial charge in [0, 0.05) is 49.9 Å². The summed E-state index contributed by atoms with van der Waals surface area (Å²) < 4.78 is 28.3. The van der Waals surface area contributed by atoms with Crippen molar-refractivity contribution in [1.82, 2.24) is 14.8 Å². The molecule has 3 rings (SSSR count). The number of carbonyl (C=O) groups excluding carboxylic acids is 1. The molecule has 7 nitrogen and oxygen atoms in total. The molecule has 0 N–H and O–H groups in total. The van der Waals surface area contributed by atoms with Crippen LogP contribution >= 0.6 is 11.3 Å². The van der Waals surface area contributed by atoms with Gasteiger partial charge in [-0.1, -0.05) is 0 Å². The van der Waals surface area contributed by atoms with Crippen molar-refractivity contribution < 1.29 is 17.9 Å². The van der Waals surface area contributed by atoms with Crippen LogP contribution in [0.3, 0.4) is 0 Å². The van der Waals surface area contributed by atoms with E-state index >= 15 is 0 Å². The molecule has 0 saturated carbocycles. The Morgan fingerprint density at radius 2 is 1.86 bits per heavy atom. The van der Waals surface area contributed by atoms with Gasteiger partial charge in [0.2, 0.25) is 0 Å². The number of aryl methyl sites for hydroxylation is 1. The predicted molar refractivity (Wildman–Crippen MR) is 110 cm³/mol. The largest absolute Gasteiger partial charge is 0.487 e. The third-order valence-corrected chi connectivity index (χ3v) is 6.34. The number of piperazine rings is 1. The molecule has 1 aromatic heterocycles. The molecule has 0 bridgehead atoms. The number of hydrogen-bond donors (Lipinski definition) is 0. The van der Waals surface area contributed by atoms with Gasteiger partial charge in [0.05, 0.1) is 16.5 Å². The summed E-state index contributed by atoms with van der Waals surface area (Å²) in [6.07, 6.45) is 1.25. The molecule has 0 spiro atoms. The van der Waals surface area contributed by atoms with Gasteiger partial charge in [-0.25, -0.2) is 13.4 Å². The first-order valence-electron chi connectivity index (χ1n) is 9.13. The lowest BCUT2D eigenvalue weighted by Gasteiger charge is -2.34. The number of thiazole rings is 1. The Bertz CT molecular complexity index is 902. The van der Waals surface area contributed by atoms with Gasteiger partial charge in [0.15, 0.2) is 0 Å². The van der Waals surface area contributed by atoms with E-state index < -0.39 is 9.84 Å². The highest BCUT2D eigenvalue weighted by Crippen LogP contribution is 2.17. The second-order valence-corrected chi connectivity index (χ2v) is 10.3. The van der Waals surface area contributed by atoms with Gasteiger partial charge in [-0.15, -0.1) is 11.3 Å². The van der Waals surface area contributed by atoms with Crippen molar-refractivity contribution in [2.45, 2.75) is 13.5 Å². The fraction of sp³-hybridized carbons (Fsp3) is 0.474. The highest BCUT2D eigenvalue weighted by atomic mass is 32.2. The van der Waals surface area contributed by atoms with Crippen LogP contribution in [0.4, 0.5) is 0 Å². The summed E-state index contributed by atoms with van der Waals surface area (Å²) in [6, 6.07) is 7.16. The Kier molecular flexibility index (Phi) is 6.69. The summed E-state index contributed by atoms with van der Waals surface area (Å²) >= 11 is 1.59. The van der Waals surface area contributed by atoms with Crippen LogP contribution in [0.15, 0.2) is 29.6 Å². The van der Waals surface area contributed by atoms with Crippen LogP contribution in [-0.2, 0) is 16.4 Å². The molecule has 2 heterocycles. The van der Waals surface area contributed by atoms with E-state index in [-0.39, 0.29) is 11.7 Å². The lowest BCUT2D eigenvalue weighted by Crippen LogP contribution is -2.49. The minimum absolute atomic E-state index is 0.00978. The molecule has 1 fully saturated rings. The van der Waals surface area contributed by atoms with Crippen LogP contribution in [0.25, 0.3) is 0 Å². The molecule has 0 aliphatic carbocycles. The Hall–Kier alpha value is -1.97. The standard InChI is InChI=1S/C19H25N3O4S2/c1-15-20-17(14-27-15)13-26-18-5-3-16(4-6-18)19(23)22-9-7-21(8-10-22)11-12-28(2,24)25/h3-6,14H,7-13H2,1-2H3. The summed E-state index contributed by atoms with van der Waals surface area (Å²) in [7, 11) is -2.96. The van der Waals surface area contributed by atoms with Crippen LogP contribution in [0.2, 0.25) is 0 Å². The number of benzene rings is 1. The minimum Gasteiger partial charge on any atom is -0.487 e. The van der Waals surface area contributed by atoms with Gasteiger partial charge in [-0.3, -0.25) is 9.69 Å². The van der Waals surface area contributed by atoms with E-state index in [9.17, 15) is 13.2 Å². The van der Waals surface area contributed by atoms with E-state index in [1.165, 1.54) is 6.26 Å². The molecule has 28 heavy (non-hydrogen) atoms. The SMILES string of the molecule is Cc1nc(COc2ccc(C(=O)N3CCN(CCS(C)(=O)=O)CC3)cc2)cs1. The van der Waals surface area contributed by atoms with Crippen molar-refractivity contribution >= 4 is 27.1 Å². The van der Waals surface area contributed by atoms with Crippen molar-refractivity contribution in [3.05, 3.63) is 45.9 Å². The summed E-state index contributed by atoms with van der Waals surface area (Å²) in [5.74, 6) is 0.848. The highest BCUT2D eigenvalue weighted by molar-refractivity contribution is 7.90. The van der Waals surface area contributed by atoms with Crippen LogP contribution < -0.4 is 4.74 Å². The van der Waals surface area contributed by atoms with Gasteiger partial charge in [0.1, 0.15) is 22.2 Å². The average molecular weight is 424 g/mol. The number of sulfone groups is 1. The fourth-order valence-electron chi connectivity index (χ4n) is 2.98. The van der Waals surface area contributed by atoms with Crippen LogP contribution in [-0.4, -0.2) is 73.8 Å². The summed E-state index contributed by atoms with van der Waals surface area (Å²) in [6.45, 7) is 5.47. The number of ether oxygens (including phenoxy) is 1. The minimum atomic E-state index is -2.96. The Morgan fingerprint density at radius 1 is 1.18 bits per heavy atom. The molecular formula is C19H25N3O4S2. The first-order chi connectivity index (χ1) is 13.3. The maximum absolute atomic E-state index is 12.7. The summed E-state index contributed by atoms with van der Waals surface area (Å²) in [5.41, 5.74) is 1.53. The quantitative estimate of drug-likeness (QED) is 0.676. The zero-order chi connectivity index (χ0) is 20.1. The van der Waals surface area contributed by atoms with Crippen molar-refractivity contribution in [3.63, 3.8) is 0 Å². The second-order valence-electron chi connectivity index (χ2n) is 6.93. The zero-order valence-corrected chi connectivity index (χ0v) is 17.8. The van der Waals surface area contributed by atoms with E-state index in [0.29, 0.717) is 50.6 Å². The van der Waals surface area contributed by atoms with Crippen molar-refractivity contribution in [3.8, 4) is 5.75 Å². The van der Waals surface area contributed by atoms with E-state index in [1.807, 2.05) is 17.2 Å². The Labute approximate surface area is 169 Å². The first kappa shape index (κ1) is 20.8. The first-order valence-corrected chi connectivity index (χ1v) is 12.1. The molecule has 0 atom stereocenters. The zero-order valence-electron chi connectivity index (χ0n) is 16.1. The third-order valence-electron chi connectivity index (χ3n) is 4.59. The van der Waals surface area contributed by atoms with Crippen molar-refractivity contribution in [1.29, 1.82) is 0 Å². The lowest BCUT2D eigenvalue weighted by molar-refractivity contribution is 0.0644. The number of hydrogen-bond acceptors (Lipinski definition) is 7. The number of aromatic nitrogens is 1. The summed E-state index contributed by atoms with van der Waals surface area (Å²) in [4.78, 5) is 20.9. The van der Waals surface area contributed by atoms with Gasteiger partial charge in [-0.05, 0) is 31.2 Å². The van der Waals surface area contributed by atoms with Crippen molar-refractivity contribution in [2.24, 2.45) is 0 Å². The van der Waals surface area contributed by atoms with E-state index in [2.05, 4.69) is 9.88 Å². The molecule has 1 aromatic carbocycles. The smallest absolute Gasteiger partial charge is 0.253 e. The number of amides is 1. The summed E-state index contributed by atoms with van der Waals surface area (Å²) in [5, 5.41) is 2.99. The van der Waals surface area contributed by atoms with Gasteiger partial charge < -0.3 is 9.64 Å². The molecule has 1 aliphatic rings. The van der Waals surface area contributed by atoms with Crippen LogP contribution in [0.5, 0.6) is 5.75 Å². The Balaban J connectivity index is 1.48. The maximum Gasteiger partial charge on any atom is 0.253 e. The Morgan fingerprint density at radius 3 is 2.43 bits per heavy atom. The second kappa shape index (κ2) is 9.02. The number of carbonyl (C=O) groups is 1. The molecule has 1 saturated heterocycles. The van der Waals surface area contributed by atoms with Gasteiger partial charge in [-0.2, -0.15) is 0 Å². The molecule has 152 valence electrons. The van der Waals surface area contributed by atoms with E-state index in [0.717, 1.165) is 10.7 Å². The predicted octanol–water partition coefficient (Wildman–Crippen LogP) is 1.83. The fourth-order valence-corrected chi connectivity index (χ4v) is 4.16. The van der Waals surface area contributed by atoms with E-state index in [4.69, 9.17) is 4.74 Å². The normalized spacial score (nSPS) is 15.6. The van der Waals surface area contributed by atoms with Crippen molar-refractivity contribution in [2.75, 3.05) is 44.7 Å². The lowest BCUT2D eigenvalue weighted by atomic mass is 10.1. The molecule has 1 aliphatic heterocycles. The van der Waals surface area contributed by atoms with Gasteiger partial charge in [0.25, 0.3) is 5.91 Å². The molecule has 2 aromatic rings. The maximum atomic E-state index is 12.7. The number of rotatable bonds is 7. The third kappa shape index (κ3) is 6.02.